The summed E-state index contributed by atoms with van der Waals surface area (Å²) in [7, 11) is 2.05. The number of para-hydroxylation sites is 1. The lowest BCUT2D eigenvalue weighted by Gasteiger charge is -2.29. The Morgan fingerprint density at radius 1 is 1.23 bits per heavy atom. The second-order valence-corrected chi connectivity index (χ2v) is 8.42. The molecule has 0 saturated carbocycles. The first-order chi connectivity index (χ1) is 14.5. The van der Waals surface area contributed by atoms with Crippen LogP contribution in [-0.4, -0.2) is 40.1 Å². The van der Waals surface area contributed by atoms with E-state index in [9.17, 15) is 4.79 Å². The van der Waals surface area contributed by atoms with E-state index in [1.165, 1.54) is 12.8 Å². The van der Waals surface area contributed by atoms with Gasteiger partial charge in [0, 0.05) is 12.7 Å². The zero-order valence-electron chi connectivity index (χ0n) is 17.4. The Kier molecular flexibility index (Phi) is 6.25. The third-order valence-electron chi connectivity index (χ3n) is 5.69. The monoisotopic (exact) mass is 426 g/mol. The van der Waals surface area contributed by atoms with E-state index >= 15 is 0 Å². The van der Waals surface area contributed by atoms with Gasteiger partial charge in [0.15, 0.2) is 6.61 Å². The number of carbonyl (C=O) groups is 1. The summed E-state index contributed by atoms with van der Waals surface area (Å²) in [6.07, 6.45) is 2.49. The van der Waals surface area contributed by atoms with Gasteiger partial charge in [-0.2, -0.15) is 0 Å². The number of likely N-dealkylation sites (tertiary alicyclic amines) is 1. The molecule has 0 spiro atoms. The van der Waals surface area contributed by atoms with Crippen LogP contribution < -0.4 is 10.1 Å². The van der Waals surface area contributed by atoms with E-state index < -0.39 is 0 Å². The SMILES string of the molecule is CC1CCN(Cc2nc3cc(NC(=O)COc4ccccc4Cl)ccc3n2C)CC1. The summed E-state index contributed by atoms with van der Waals surface area (Å²) in [6, 6.07) is 12.9. The zero-order chi connectivity index (χ0) is 21.1. The van der Waals surface area contributed by atoms with Gasteiger partial charge in [0.05, 0.1) is 22.6 Å². The highest BCUT2D eigenvalue weighted by molar-refractivity contribution is 6.32. The molecule has 3 aromatic rings. The molecule has 158 valence electrons. The number of fused-ring (bicyclic) bond motifs is 1. The molecule has 2 heterocycles. The maximum absolute atomic E-state index is 12.3. The minimum Gasteiger partial charge on any atom is -0.482 e. The Morgan fingerprint density at radius 2 is 2.00 bits per heavy atom. The van der Waals surface area contributed by atoms with Crippen molar-refractivity contribution >= 4 is 34.2 Å². The molecule has 4 rings (SSSR count). The fourth-order valence-electron chi connectivity index (χ4n) is 3.79. The van der Waals surface area contributed by atoms with Gasteiger partial charge in [-0.05, 0) is 62.2 Å². The summed E-state index contributed by atoms with van der Waals surface area (Å²) in [6.45, 7) is 5.31. The van der Waals surface area contributed by atoms with E-state index in [1.54, 1.807) is 12.1 Å². The molecule has 1 fully saturated rings. The fraction of sp³-hybridized carbons (Fsp3) is 0.391. The number of piperidine rings is 1. The van der Waals surface area contributed by atoms with Crippen molar-refractivity contribution in [1.29, 1.82) is 0 Å². The maximum atomic E-state index is 12.3. The van der Waals surface area contributed by atoms with Crippen LogP contribution in [0.25, 0.3) is 11.0 Å². The Bertz CT molecular complexity index is 1040. The molecule has 1 aliphatic rings. The van der Waals surface area contributed by atoms with Gasteiger partial charge in [-0.3, -0.25) is 9.69 Å². The van der Waals surface area contributed by atoms with Gasteiger partial charge in [-0.1, -0.05) is 30.7 Å². The molecule has 0 atom stereocenters. The number of ether oxygens (including phenoxy) is 1. The number of hydrogen-bond donors (Lipinski definition) is 1. The number of aromatic nitrogens is 2. The van der Waals surface area contributed by atoms with E-state index in [1.807, 2.05) is 37.4 Å². The number of aryl methyl sites for hydroxylation is 1. The summed E-state index contributed by atoms with van der Waals surface area (Å²) in [4.78, 5) is 19.6. The summed E-state index contributed by atoms with van der Waals surface area (Å²) >= 11 is 6.06. The minimum atomic E-state index is -0.243. The predicted molar refractivity (Wildman–Crippen MR) is 120 cm³/mol. The van der Waals surface area contributed by atoms with Crippen LogP contribution in [0, 0.1) is 5.92 Å². The zero-order valence-corrected chi connectivity index (χ0v) is 18.2. The lowest BCUT2D eigenvalue weighted by molar-refractivity contribution is -0.118. The molecule has 1 aliphatic heterocycles. The predicted octanol–water partition coefficient (Wildman–Crippen LogP) is 4.48. The Balaban J connectivity index is 1.40. The Hall–Kier alpha value is -2.57. The number of hydrogen-bond acceptors (Lipinski definition) is 4. The Labute approximate surface area is 181 Å². The van der Waals surface area contributed by atoms with Crippen LogP contribution in [0.4, 0.5) is 5.69 Å². The van der Waals surface area contributed by atoms with Crippen molar-refractivity contribution in [3.8, 4) is 5.75 Å². The number of nitrogens with one attached hydrogen (secondary N) is 1. The molecule has 7 heteroatoms. The number of halogens is 1. The topological polar surface area (TPSA) is 59.4 Å². The van der Waals surface area contributed by atoms with Gasteiger partial charge in [0.25, 0.3) is 5.91 Å². The van der Waals surface area contributed by atoms with E-state index in [0.717, 1.165) is 42.4 Å². The van der Waals surface area contributed by atoms with Gasteiger partial charge in [-0.25, -0.2) is 4.98 Å². The van der Waals surface area contributed by atoms with Gasteiger partial charge in [0.2, 0.25) is 0 Å². The number of benzene rings is 2. The summed E-state index contributed by atoms with van der Waals surface area (Å²) in [5.41, 5.74) is 2.63. The largest absolute Gasteiger partial charge is 0.482 e. The molecule has 0 unspecified atom stereocenters. The van der Waals surface area contributed by atoms with Crippen LogP contribution in [0.2, 0.25) is 5.02 Å². The second kappa shape index (κ2) is 9.06. The number of nitrogens with zero attached hydrogens (tertiary/aromatic N) is 3. The standard InChI is InChI=1S/C23H27ClN4O2/c1-16-9-11-28(12-10-16)14-22-26-19-13-17(7-8-20(19)27(22)2)25-23(29)15-30-21-6-4-3-5-18(21)24/h3-8,13,16H,9-12,14-15H2,1-2H3,(H,25,29). The molecular formula is C23H27ClN4O2. The normalized spacial score (nSPS) is 15.4. The highest BCUT2D eigenvalue weighted by Crippen LogP contribution is 2.24. The summed E-state index contributed by atoms with van der Waals surface area (Å²) < 4.78 is 7.64. The van der Waals surface area contributed by atoms with Crippen molar-refractivity contribution < 1.29 is 9.53 Å². The van der Waals surface area contributed by atoms with Crippen molar-refractivity contribution in [2.24, 2.45) is 13.0 Å². The molecular weight excluding hydrogens is 400 g/mol. The number of imidazole rings is 1. The average molecular weight is 427 g/mol. The van der Waals surface area contributed by atoms with Gasteiger partial charge in [-0.15, -0.1) is 0 Å². The van der Waals surface area contributed by atoms with Crippen LogP contribution in [0.5, 0.6) is 5.75 Å². The number of anilines is 1. The lowest BCUT2D eigenvalue weighted by Crippen LogP contribution is -2.33. The first kappa shape index (κ1) is 20.7. The molecule has 0 aliphatic carbocycles. The summed E-state index contributed by atoms with van der Waals surface area (Å²) in [5, 5.41) is 3.35. The van der Waals surface area contributed by atoms with Gasteiger partial charge < -0.3 is 14.6 Å². The second-order valence-electron chi connectivity index (χ2n) is 8.02. The van der Waals surface area contributed by atoms with Crippen molar-refractivity contribution in [1.82, 2.24) is 14.5 Å². The number of amides is 1. The molecule has 1 aromatic heterocycles. The molecule has 6 nitrogen and oxygen atoms in total. The Morgan fingerprint density at radius 3 is 2.77 bits per heavy atom. The van der Waals surface area contributed by atoms with Crippen LogP contribution in [0.1, 0.15) is 25.6 Å². The third kappa shape index (κ3) is 4.77. The molecule has 1 saturated heterocycles. The van der Waals surface area contributed by atoms with Crippen molar-refractivity contribution in [2.75, 3.05) is 25.0 Å². The highest BCUT2D eigenvalue weighted by atomic mass is 35.5. The van der Waals surface area contributed by atoms with Crippen molar-refractivity contribution in [3.63, 3.8) is 0 Å². The minimum absolute atomic E-state index is 0.109. The van der Waals surface area contributed by atoms with Crippen molar-refractivity contribution in [2.45, 2.75) is 26.3 Å². The van der Waals surface area contributed by atoms with Crippen LogP contribution in [-0.2, 0) is 18.4 Å². The first-order valence-corrected chi connectivity index (χ1v) is 10.7. The van der Waals surface area contributed by atoms with Gasteiger partial charge >= 0.3 is 0 Å². The molecule has 30 heavy (non-hydrogen) atoms. The summed E-state index contributed by atoms with van der Waals surface area (Å²) in [5.74, 6) is 2.11. The van der Waals surface area contributed by atoms with E-state index in [4.69, 9.17) is 21.3 Å². The smallest absolute Gasteiger partial charge is 0.262 e. The molecule has 0 radical (unpaired) electrons. The number of rotatable bonds is 6. The number of carbonyl (C=O) groups excluding carboxylic acids is 1. The molecule has 1 amide bonds. The maximum Gasteiger partial charge on any atom is 0.262 e. The molecule has 2 aromatic carbocycles. The van der Waals surface area contributed by atoms with Crippen LogP contribution >= 0.6 is 11.6 Å². The van der Waals surface area contributed by atoms with Crippen LogP contribution in [0.3, 0.4) is 0 Å². The van der Waals surface area contributed by atoms with Gasteiger partial charge in [0.1, 0.15) is 11.6 Å². The fourth-order valence-corrected chi connectivity index (χ4v) is 3.98. The molecule has 1 N–H and O–H groups in total. The average Bonchev–Trinajstić information content (AvgIpc) is 3.04. The van der Waals surface area contributed by atoms with Crippen LogP contribution in [0.15, 0.2) is 42.5 Å². The van der Waals surface area contributed by atoms with E-state index in [2.05, 4.69) is 21.7 Å². The first-order valence-electron chi connectivity index (χ1n) is 10.3. The van der Waals surface area contributed by atoms with Crippen molar-refractivity contribution in [3.05, 3.63) is 53.3 Å². The highest BCUT2D eigenvalue weighted by Gasteiger charge is 2.18. The quantitative estimate of drug-likeness (QED) is 0.631. The van der Waals surface area contributed by atoms with E-state index in [0.29, 0.717) is 16.5 Å². The third-order valence-corrected chi connectivity index (χ3v) is 6.01. The molecule has 0 bridgehead atoms. The van der Waals surface area contributed by atoms with E-state index in [-0.39, 0.29) is 12.5 Å². The lowest BCUT2D eigenvalue weighted by atomic mass is 9.99.